The average Bonchev–Trinajstić information content (AvgIpc) is 3.51. The number of aromatic amines is 1. The van der Waals surface area contributed by atoms with Crippen LogP contribution >= 0.6 is 0 Å². The van der Waals surface area contributed by atoms with Crippen LogP contribution in [0.2, 0.25) is 0 Å². The van der Waals surface area contributed by atoms with Gasteiger partial charge in [-0.25, -0.2) is 19.2 Å². The number of alkyl halides is 4. The zero-order valence-corrected chi connectivity index (χ0v) is 19.1. The smallest absolute Gasteiger partial charge is 0.443 e. The zero-order chi connectivity index (χ0) is 26.0. The van der Waals surface area contributed by atoms with Crippen molar-refractivity contribution in [2.75, 3.05) is 5.32 Å². The minimum absolute atomic E-state index is 0.0419. The number of carbonyl (C=O) groups excluding carboxylic acids is 1. The molecule has 1 saturated carbocycles. The second kappa shape index (κ2) is 9.97. The first kappa shape index (κ1) is 25.2. The van der Waals surface area contributed by atoms with E-state index in [1.807, 2.05) is 6.07 Å². The molecule has 15 heteroatoms. The number of nitriles is 1. The summed E-state index contributed by atoms with van der Waals surface area (Å²) >= 11 is 0. The van der Waals surface area contributed by atoms with Crippen molar-refractivity contribution in [2.24, 2.45) is 0 Å². The first-order valence-electron chi connectivity index (χ1n) is 11.0. The predicted octanol–water partition coefficient (Wildman–Crippen LogP) is 3.82. The van der Waals surface area contributed by atoms with Crippen LogP contribution in [0.4, 0.5) is 34.1 Å². The van der Waals surface area contributed by atoms with Gasteiger partial charge in [-0.15, -0.1) is 13.2 Å². The molecule has 1 aliphatic rings. The maximum absolute atomic E-state index is 15.0. The van der Waals surface area contributed by atoms with Gasteiger partial charge in [0.1, 0.15) is 23.9 Å². The van der Waals surface area contributed by atoms with Gasteiger partial charge < -0.3 is 15.4 Å². The summed E-state index contributed by atoms with van der Waals surface area (Å²) < 4.78 is 62.5. The molecule has 3 aromatic heterocycles. The van der Waals surface area contributed by atoms with E-state index in [4.69, 9.17) is 4.74 Å². The first-order chi connectivity index (χ1) is 17.0. The third-order valence-electron chi connectivity index (χ3n) is 5.45. The third-order valence-corrected chi connectivity index (χ3v) is 5.45. The van der Waals surface area contributed by atoms with Crippen LogP contribution in [0.25, 0.3) is 5.65 Å². The van der Waals surface area contributed by atoms with Gasteiger partial charge in [-0.3, -0.25) is 14.2 Å². The second-order valence-corrected chi connectivity index (χ2v) is 8.47. The summed E-state index contributed by atoms with van der Waals surface area (Å²) in [7, 11) is 0. The quantitative estimate of drug-likeness (QED) is 0.407. The van der Waals surface area contributed by atoms with Gasteiger partial charge in [0.15, 0.2) is 11.5 Å². The molecule has 0 aliphatic heterocycles. The largest absolute Gasteiger partial charge is 0.522 e. The van der Waals surface area contributed by atoms with Crippen LogP contribution in [-0.2, 0) is 16.1 Å². The predicted molar refractivity (Wildman–Crippen MR) is 116 cm³/mol. The molecule has 3 N–H and O–H groups in total. The summed E-state index contributed by atoms with van der Waals surface area (Å²) in [6.07, 6.45) is -4.62. The Morgan fingerprint density at radius 1 is 1.39 bits per heavy atom. The lowest BCUT2D eigenvalue weighted by atomic mass is 10.0. The molecule has 3 unspecified atom stereocenters. The Balaban J connectivity index is 1.49. The molecule has 3 heterocycles. The Labute approximate surface area is 201 Å². The molecule has 0 aromatic carbocycles. The van der Waals surface area contributed by atoms with Gasteiger partial charge in [0, 0.05) is 29.9 Å². The number of rotatable bonds is 7. The lowest BCUT2D eigenvalue weighted by molar-refractivity contribution is -0.330. The van der Waals surface area contributed by atoms with Gasteiger partial charge in [0.05, 0.1) is 18.5 Å². The van der Waals surface area contributed by atoms with E-state index in [0.717, 1.165) is 0 Å². The maximum Gasteiger partial charge on any atom is 0.522 e. The second-order valence-electron chi connectivity index (χ2n) is 8.47. The van der Waals surface area contributed by atoms with Gasteiger partial charge in [-0.2, -0.15) is 10.4 Å². The van der Waals surface area contributed by atoms with E-state index in [9.17, 15) is 23.2 Å². The summed E-state index contributed by atoms with van der Waals surface area (Å²) in [6, 6.07) is 3.30. The summed E-state index contributed by atoms with van der Waals surface area (Å²) in [4.78, 5) is 20.0. The van der Waals surface area contributed by atoms with E-state index >= 15 is 4.39 Å². The Hall–Kier alpha value is -3.93. The highest BCUT2D eigenvalue weighted by Gasteiger charge is 2.41. The fourth-order valence-corrected chi connectivity index (χ4v) is 3.91. The number of aromatic nitrogens is 5. The summed E-state index contributed by atoms with van der Waals surface area (Å²) in [5.74, 6) is -0.222. The van der Waals surface area contributed by atoms with Crippen LogP contribution in [-0.4, -0.2) is 55.3 Å². The number of nitrogens with zero attached hydrogens (tertiary/aromatic N) is 5. The maximum atomic E-state index is 15.0. The SMILES string of the molecule is CC(C)NC(=O)OC1CCC(c2cc(Nc3ncc(C#N)c4nc(COC(F)(F)F)cn34)n[nH]2)C1F. The monoisotopic (exact) mass is 510 g/mol. The molecule has 1 aliphatic carbocycles. The number of imidazole rings is 1. The van der Waals surface area contributed by atoms with Gasteiger partial charge in [-0.1, -0.05) is 0 Å². The number of amides is 1. The molecule has 3 aromatic rings. The standard InChI is InChI=1S/C21H22F4N8O3/c1-10(2)28-20(34)36-15-4-3-13(17(15)22)14-5-16(32-31-14)30-19-27-7-11(6-26)18-29-12(8-33(18)19)9-35-21(23,24)25/h5,7-8,10,13,15,17H,3-4,9H2,1-2H3,(H,28,34)(H2,27,30,31,32). The van der Waals surface area contributed by atoms with Gasteiger partial charge >= 0.3 is 12.5 Å². The summed E-state index contributed by atoms with van der Waals surface area (Å²) in [5, 5.41) is 21.6. The number of carbonyl (C=O) groups is 1. The van der Waals surface area contributed by atoms with Crippen molar-refractivity contribution in [1.29, 1.82) is 5.26 Å². The van der Waals surface area contributed by atoms with E-state index in [1.165, 1.54) is 16.8 Å². The molecular formula is C21H22F4N8O3. The summed E-state index contributed by atoms with van der Waals surface area (Å²) in [5.41, 5.74) is 0.516. The fourth-order valence-electron chi connectivity index (χ4n) is 3.91. The molecule has 192 valence electrons. The number of H-pyrrole nitrogens is 1. The molecule has 1 amide bonds. The van der Waals surface area contributed by atoms with Crippen LogP contribution in [0.5, 0.6) is 0 Å². The lowest BCUT2D eigenvalue weighted by Gasteiger charge is -2.18. The van der Waals surface area contributed by atoms with E-state index in [-0.39, 0.29) is 34.7 Å². The minimum Gasteiger partial charge on any atom is -0.443 e. The molecule has 0 saturated heterocycles. The van der Waals surface area contributed by atoms with Crippen molar-refractivity contribution < 1.29 is 31.8 Å². The van der Waals surface area contributed by atoms with Crippen molar-refractivity contribution in [1.82, 2.24) is 29.9 Å². The molecule has 4 rings (SSSR count). The lowest BCUT2D eigenvalue weighted by Crippen LogP contribution is -2.36. The Morgan fingerprint density at radius 2 is 2.17 bits per heavy atom. The molecule has 0 bridgehead atoms. The molecule has 0 radical (unpaired) electrons. The fraction of sp³-hybridized carbons (Fsp3) is 0.476. The highest BCUT2D eigenvalue weighted by Crippen LogP contribution is 2.38. The normalized spacial score (nSPS) is 20.0. The molecule has 1 fully saturated rings. The molecule has 3 atom stereocenters. The highest BCUT2D eigenvalue weighted by molar-refractivity contribution is 5.67. The van der Waals surface area contributed by atoms with Crippen molar-refractivity contribution in [3.63, 3.8) is 0 Å². The van der Waals surface area contributed by atoms with E-state index in [1.54, 1.807) is 19.9 Å². The number of halogens is 4. The van der Waals surface area contributed by atoms with E-state index < -0.39 is 37.3 Å². The average molecular weight is 510 g/mol. The van der Waals surface area contributed by atoms with Gasteiger partial charge in [-0.05, 0) is 26.7 Å². The van der Waals surface area contributed by atoms with Crippen LogP contribution < -0.4 is 10.6 Å². The van der Waals surface area contributed by atoms with E-state index in [0.29, 0.717) is 18.5 Å². The van der Waals surface area contributed by atoms with E-state index in [2.05, 4.69) is 35.5 Å². The van der Waals surface area contributed by atoms with Crippen LogP contribution in [0.15, 0.2) is 18.5 Å². The Morgan fingerprint density at radius 3 is 2.86 bits per heavy atom. The number of nitrogens with one attached hydrogen (secondary N) is 3. The van der Waals surface area contributed by atoms with Crippen molar-refractivity contribution in [2.45, 2.75) is 63.9 Å². The highest BCUT2D eigenvalue weighted by atomic mass is 19.4. The van der Waals surface area contributed by atoms with Crippen molar-refractivity contribution in [3.05, 3.63) is 35.4 Å². The summed E-state index contributed by atoms with van der Waals surface area (Å²) in [6.45, 7) is 2.68. The number of anilines is 2. The van der Waals surface area contributed by atoms with Crippen LogP contribution in [0.3, 0.4) is 0 Å². The van der Waals surface area contributed by atoms with Gasteiger partial charge in [0.2, 0.25) is 5.95 Å². The van der Waals surface area contributed by atoms with Gasteiger partial charge in [0.25, 0.3) is 0 Å². The molecular weight excluding hydrogens is 488 g/mol. The minimum atomic E-state index is -4.84. The number of fused-ring (bicyclic) bond motifs is 1. The molecule has 0 spiro atoms. The van der Waals surface area contributed by atoms with Crippen LogP contribution in [0, 0.1) is 11.3 Å². The van der Waals surface area contributed by atoms with Crippen molar-refractivity contribution in [3.8, 4) is 6.07 Å². The third kappa shape index (κ3) is 5.65. The number of alkyl carbamates (subject to hydrolysis) is 1. The van der Waals surface area contributed by atoms with Crippen LogP contribution in [0.1, 0.15) is 49.6 Å². The molecule has 36 heavy (non-hydrogen) atoms. The van der Waals surface area contributed by atoms with Crippen molar-refractivity contribution >= 4 is 23.5 Å². The topological polar surface area (TPSA) is 142 Å². The molecule has 11 nitrogen and oxygen atoms in total. The number of hydrogen-bond donors (Lipinski definition) is 3. The number of hydrogen-bond acceptors (Lipinski definition) is 8. The number of ether oxygens (including phenoxy) is 2. The first-order valence-corrected chi connectivity index (χ1v) is 11.0. The Kier molecular flexibility index (Phi) is 6.97. The zero-order valence-electron chi connectivity index (χ0n) is 19.1. The Bertz CT molecular complexity index is 1280.